The van der Waals surface area contributed by atoms with E-state index in [-0.39, 0.29) is 47.6 Å². The molecule has 1 saturated heterocycles. The molecule has 4 rings (SSSR count). The second-order valence-corrected chi connectivity index (χ2v) is 10.8. The number of hydrogen-bond acceptors (Lipinski definition) is 4. The Morgan fingerprint density at radius 2 is 1.79 bits per heavy atom. The van der Waals surface area contributed by atoms with Crippen LogP contribution in [0.15, 0.2) is 41.3 Å². The number of fused-ring (bicyclic) bond motifs is 1. The SMILES string of the molecule is CC(=O)N1c2ccc(S(=O)(=O)N3CCC(C(=O)Nc4ccc(F)cc4C)CC3)cc2C[C@@H]1C. The van der Waals surface area contributed by atoms with Gasteiger partial charge in [0.15, 0.2) is 0 Å². The van der Waals surface area contributed by atoms with Crippen LogP contribution in [-0.4, -0.2) is 43.7 Å². The lowest BCUT2D eigenvalue weighted by Crippen LogP contribution is -2.41. The first-order chi connectivity index (χ1) is 15.6. The fourth-order valence-electron chi connectivity index (χ4n) is 4.76. The van der Waals surface area contributed by atoms with Gasteiger partial charge in [0.05, 0.1) is 4.90 Å². The number of amides is 2. The lowest BCUT2D eigenvalue weighted by molar-refractivity contribution is -0.121. The zero-order valence-corrected chi connectivity index (χ0v) is 19.8. The fourth-order valence-corrected chi connectivity index (χ4v) is 6.28. The number of benzene rings is 2. The maximum atomic E-state index is 13.3. The summed E-state index contributed by atoms with van der Waals surface area (Å²) >= 11 is 0. The summed E-state index contributed by atoms with van der Waals surface area (Å²) in [7, 11) is -3.70. The van der Waals surface area contributed by atoms with Crippen molar-refractivity contribution in [3.8, 4) is 0 Å². The molecule has 2 aliphatic rings. The van der Waals surface area contributed by atoms with Crippen molar-refractivity contribution in [2.24, 2.45) is 5.92 Å². The number of halogens is 1. The van der Waals surface area contributed by atoms with Crippen molar-refractivity contribution >= 4 is 33.2 Å². The lowest BCUT2D eigenvalue weighted by Gasteiger charge is -2.30. The Labute approximate surface area is 193 Å². The van der Waals surface area contributed by atoms with Gasteiger partial charge in [0.1, 0.15) is 5.82 Å². The molecule has 2 aliphatic heterocycles. The van der Waals surface area contributed by atoms with Gasteiger partial charge < -0.3 is 10.2 Å². The number of anilines is 2. The molecule has 1 atom stereocenters. The molecule has 2 aromatic rings. The molecule has 0 unspecified atom stereocenters. The minimum absolute atomic E-state index is 0.00513. The van der Waals surface area contributed by atoms with Gasteiger partial charge in [-0.2, -0.15) is 4.31 Å². The Bertz CT molecular complexity index is 1210. The van der Waals surface area contributed by atoms with E-state index in [1.165, 1.54) is 29.4 Å². The molecule has 0 bridgehead atoms. The molecule has 2 aromatic carbocycles. The van der Waals surface area contributed by atoms with Crippen LogP contribution in [0.4, 0.5) is 15.8 Å². The average molecular weight is 474 g/mol. The largest absolute Gasteiger partial charge is 0.326 e. The Morgan fingerprint density at radius 1 is 1.09 bits per heavy atom. The van der Waals surface area contributed by atoms with Crippen LogP contribution in [0.25, 0.3) is 0 Å². The zero-order chi connectivity index (χ0) is 23.9. The highest BCUT2D eigenvalue weighted by Crippen LogP contribution is 2.35. The molecule has 2 amide bonds. The van der Waals surface area contributed by atoms with Crippen LogP contribution in [-0.2, 0) is 26.0 Å². The van der Waals surface area contributed by atoms with Crippen LogP contribution in [0, 0.1) is 18.7 Å². The first-order valence-corrected chi connectivity index (χ1v) is 12.5. The summed E-state index contributed by atoms with van der Waals surface area (Å²) in [5.74, 6) is -0.921. The highest BCUT2D eigenvalue weighted by Gasteiger charge is 2.34. The predicted molar refractivity (Wildman–Crippen MR) is 124 cm³/mol. The van der Waals surface area contributed by atoms with Crippen LogP contribution < -0.4 is 10.2 Å². The molecule has 0 aliphatic carbocycles. The molecule has 7 nitrogen and oxygen atoms in total. The summed E-state index contributed by atoms with van der Waals surface area (Å²) in [5.41, 5.74) is 2.81. The first-order valence-electron chi connectivity index (χ1n) is 11.1. The molecule has 176 valence electrons. The molecule has 33 heavy (non-hydrogen) atoms. The molecule has 1 N–H and O–H groups in total. The number of sulfonamides is 1. The number of nitrogens with one attached hydrogen (secondary N) is 1. The number of carbonyl (C=O) groups is 2. The van der Waals surface area contributed by atoms with Crippen molar-refractivity contribution in [1.29, 1.82) is 0 Å². The summed E-state index contributed by atoms with van der Waals surface area (Å²) in [6.07, 6.45) is 1.43. The summed E-state index contributed by atoms with van der Waals surface area (Å²) in [4.78, 5) is 26.5. The van der Waals surface area contributed by atoms with E-state index < -0.39 is 10.0 Å². The lowest BCUT2D eigenvalue weighted by atomic mass is 9.97. The number of carbonyl (C=O) groups excluding carboxylic acids is 2. The summed E-state index contributed by atoms with van der Waals surface area (Å²) in [6.45, 7) is 5.67. The number of aryl methyl sites for hydroxylation is 1. The second-order valence-electron chi connectivity index (χ2n) is 8.86. The normalized spacial score (nSPS) is 19.4. The quantitative estimate of drug-likeness (QED) is 0.737. The van der Waals surface area contributed by atoms with E-state index in [2.05, 4.69) is 5.32 Å². The summed E-state index contributed by atoms with van der Waals surface area (Å²) < 4.78 is 41.2. The molecule has 2 heterocycles. The predicted octanol–water partition coefficient (Wildman–Crippen LogP) is 3.47. The van der Waals surface area contributed by atoms with Crippen molar-refractivity contribution in [2.75, 3.05) is 23.3 Å². The van der Waals surface area contributed by atoms with Gasteiger partial charge in [-0.3, -0.25) is 9.59 Å². The van der Waals surface area contributed by atoms with Crippen molar-refractivity contribution in [3.63, 3.8) is 0 Å². The van der Waals surface area contributed by atoms with Crippen LogP contribution >= 0.6 is 0 Å². The van der Waals surface area contributed by atoms with Gasteiger partial charge in [-0.25, -0.2) is 12.8 Å². The third kappa shape index (κ3) is 4.52. The molecule has 0 saturated carbocycles. The standard InChI is InChI=1S/C24H28FN3O4S/c1-15-12-20(25)4-6-22(15)26-24(30)18-8-10-27(11-9-18)33(31,32)21-5-7-23-19(14-21)13-16(2)28(23)17(3)29/h4-7,12,14,16,18H,8-11,13H2,1-3H3,(H,26,30)/t16-/m0/s1. The smallest absolute Gasteiger partial charge is 0.243 e. The topological polar surface area (TPSA) is 86.8 Å². The van der Waals surface area contributed by atoms with Crippen molar-refractivity contribution < 1.29 is 22.4 Å². The van der Waals surface area contributed by atoms with E-state index in [4.69, 9.17) is 0 Å². The van der Waals surface area contributed by atoms with Gasteiger partial charge in [0, 0.05) is 43.3 Å². The Morgan fingerprint density at radius 3 is 2.42 bits per heavy atom. The average Bonchev–Trinajstić information content (AvgIpc) is 3.10. The Kier molecular flexibility index (Phi) is 6.28. The van der Waals surface area contributed by atoms with Crippen LogP contribution in [0.1, 0.15) is 37.8 Å². The molecule has 0 aromatic heterocycles. The third-order valence-electron chi connectivity index (χ3n) is 6.51. The number of piperidine rings is 1. The molecule has 9 heteroatoms. The monoisotopic (exact) mass is 473 g/mol. The van der Waals surface area contributed by atoms with Gasteiger partial charge in [-0.15, -0.1) is 0 Å². The highest BCUT2D eigenvalue weighted by atomic mass is 32.2. The van der Waals surface area contributed by atoms with E-state index in [9.17, 15) is 22.4 Å². The van der Waals surface area contributed by atoms with Crippen molar-refractivity contribution in [1.82, 2.24) is 4.31 Å². The highest BCUT2D eigenvalue weighted by molar-refractivity contribution is 7.89. The molecule has 0 spiro atoms. The zero-order valence-electron chi connectivity index (χ0n) is 19.0. The molecular formula is C24H28FN3O4S. The number of hydrogen-bond donors (Lipinski definition) is 1. The van der Waals surface area contributed by atoms with Crippen LogP contribution in [0.5, 0.6) is 0 Å². The molecule has 1 fully saturated rings. The molecular weight excluding hydrogens is 445 g/mol. The van der Waals surface area contributed by atoms with Gasteiger partial charge in [0.25, 0.3) is 0 Å². The maximum Gasteiger partial charge on any atom is 0.243 e. The van der Waals surface area contributed by atoms with Gasteiger partial charge in [-0.1, -0.05) is 0 Å². The maximum absolute atomic E-state index is 13.3. The fraction of sp³-hybridized carbons (Fsp3) is 0.417. The minimum Gasteiger partial charge on any atom is -0.326 e. The Hall–Kier alpha value is -2.78. The van der Waals surface area contributed by atoms with E-state index in [1.54, 1.807) is 30.0 Å². The van der Waals surface area contributed by atoms with E-state index in [0.717, 1.165) is 11.3 Å². The summed E-state index contributed by atoms with van der Waals surface area (Å²) in [5, 5.41) is 2.83. The van der Waals surface area contributed by atoms with Crippen LogP contribution in [0.3, 0.4) is 0 Å². The summed E-state index contributed by atoms with van der Waals surface area (Å²) in [6, 6.07) is 9.11. The number of rotatable bonds is 4. The first kappa shape index (κ1) is 23.4. The van der Waals surface area contributed by atoms with E-state index in [0.29, 0.717) is 30.5 Å². The molecule has 0 radical (unpaired) electrons. The Balaban J connectivity index is 1.43. The van der Waals surface area contributed by atoms with Gasteiger partial charge >= 0.3 is 0 Å². The second kappa shape index (κ2) is 8.87. The van der Waals surface area contributed by atoms with Gasteiger partial charge in [0.2, 0.25) is 21.8 Å². The van der Waals surface area contributed by atoms with Crippen molar-refractivity contribution in [3.05, 3.63) is 53.3 Å². The third-order valence-corrected chi connectivity index (χ3v) is 8.41. The van der Waals surface area contributed by atoms with Crippen molar-refractivity contribution in [2.45, 2.75) is 51.0 Å². The minimum atomic E-state index is -3.70. The van der Waals surface area contributed by atoms with E-state index >= 15 is 0 Å². The van der Waals surface area contributed by atoms with Crippen LogP contribution in [0.2, 0.25) is 0 Å². The number of nitrogens with zero attached hydrogens (tertiary/aromatic N) is 2. The van der Waals surface area contributed by atoms with E-state index in [1.807, 2.05) is 6.92 Å². The van der Waals surface area contributed by atoms with Gasteiger partial charge in [-0.05, 0) is 80.6 Å².